The predicted octanol–water partition coefficient (Wildman–Crippen LogP) is 4.03. The second kappa shape index (κ2) is 8.26. The summed E-state index contributed by atoms with van der Waals surface area (Å²) in [5, 5.41) is 0.803. The van der Waals surface area contributed by atoms with Gasteiger partial charge in [-0.05, 0) is 55.3 Å². The van der Waals surface area contributed by atoms with Gasteiger partial charge in [0.15, 0.2) is 5.78 Å². The number of aromatic nitrogens is 3. The zero-order valence-electron chi connectivity index (χ0n) is 21.8. The fraction of sp³-hybridized carbons (Fsp3) is 0.367. The van der Waals surface area contributed by atoms with Gasteiger partial charge < -0.3 is 14.4 Å². The molecule has 3 aliphatic heterocycles. The molecule has 2 fully saturated rings. The molecule has 0 spiro atoms. The number of fused-ring (bicyclic) bond motifs is 3. The van der Waals surface area contributed by atoms with Crippen molar-refractivity contribution < 1.29 is 14.0 Å². The van der Waals surface area contributed by atoms with Gasteiger partial charge in [-0.15, -0.1) is 0 Å². The molecule has 1 aliphatic carbocycles. The fourth-order valence-corrected chi connectivity index (χ4v) is 7.33. The molecule has 8 nitrogen and oxygen atoms in total. The number of nitrogens with zero attached hydrogens (tertiary/aromatic N) is 6. The maximum absolute atomic E-state index is 15.1. The summed E-state index contributed by atoms with van der Waals surface area (Å²) in [4.78, 5) is 37.5. The van der Waals surface area contributed by atoms with Crippen molar-refractivity contribution in [3.63, 3.8) is 0 Å². The molecule has 198 valence electrons. The molecule has 1 aromatic carbocycles. The van der Waals surface area contributed by atoms with E-state index < -0.39 is 0 Å². The normalized spacial score (nSPS) is 23.2. The maximum Gasteiger partial charge on any atom is 0.320 e. The number of carbonyl (C=O) groups is 2. The number of rotatable bonds is 2. The number of imidazole rings is 1. The van der Waals surface area contributed by atoms with E-state index in [1.807, 2.05) is 38.6 Å². The fourth-order valence-electron chi connectivity index (χ4n) is 7.33. The zero-order valence-corrected chi connectivity index (χ0v) is 21.8. The zero-order chi connectivity index (χ0) is 26.4. The molecule has 3 aromatic heterocycles. The van der Waals surface area contributed by atoms with Crippen molar-refractivity contribution in [3.8, 4) is 0 Å². The Morgan fingerprint density at radius 3 is 2.82 bits per heavy atom. The van der Waals surface area contributed by atoms with Crippen molar-refractivity contribution in [2.45, 2.75) is 44.4 Å². The van der Waals surface area contributed by atoms with Gasteiger partial charge in [0.25, 0.3) is 0 Å². The molecule has 0 radical (unpaired) electrons. The van der Waals surface area contributed by atoms with E-state index >= 15 is 4.39 Å². The van der Waals surface area contributed by atoms with Gasteiger partial charge in [-0.2, -0.15) is 0 Å². The summed E-state index contributed by atoms with van der Waals surface area (Å²) in [5.74, 6) is -0.239. The largest absolute Gasteiger partial charge is 0.345 e. The number of halogens is 1. The standard InChI is InChI=1S/C30H29FN6O2/c1-33-15-21-12-20(33)16-37(21)30(39)35-9-8-34-17-24(23-11-19(31)10-18(14-35)29(23)34)22-5-6-26(38)28(22)25-13-32-27-4-2-3-7-36(25)27/h2-4,7,10-11,13,17,20-21H,5-6,8-9,12,14-16H2,1H3. The lowest BCUT2D eigenvalue weighted by Crippen LogP contribution is -2.52. The van der Waals surface area contributed by atoms with Crippen LogP contribution in [0.3, 0.4) is 0 Å². The molecule has 39 heavy (non-hydrogen) atoms. The summed E-state index contributed by atoms with van der Waals surface area (Å²) in [7, 11) is 2.13. The molecular weight excluding hydrogens is 495 g/mol. The second-order valence-electron chi connectivity index (χ2n) is 11.4. The molecule has 4 aromatic rings. The lowest BCUT2D eigenvalue weighted by molar-refractivity contribution is -0.113. The van der Waals surface area contributed by atoms with Crippen LogP contribution in [0.5, 0.6) is 0 Å². The monoisotopic (exact) mass is 524 g/mol. The van der Waals surface area contributed by atoms with Gasteiger partial charge in [0.2, 0.25) is 0 Å². The minimum atomic E-state index is -0.325. The molecule has 0 N–H and O–H groups in total. The lowest BCUT2D eigenvalue weighted by Gasteiger charge is -2.35. The van der Waals surface area contributed by atoms with Crippen LogP contribution < -0.4 is 0 Å². The van der Waals surface area contributed by atoms with E-state index in [2.05, 4.69) is 27.7 Å². The Kier molecular flexibility index (Phi) is 4.86. The minimum absolute atomic E-state index is 0.0537. The molecule has 2 saturated heterocycles. The quantitative estimate of drug-likeness (QED) is 0.397. The summed E-state index contributed by atoms with van der Waals surface area (Å²) < 4.78 is 19.2. The Hall–Kier alpha value is -3.98. The van der Waals surface area contributed by atoms with Crippen LogP contribution in [0.25, 0.3) is 27.7 Å². The molecule has 8 rings (SSSR count). The smallest absolute Gasteiger partial charge is 0.320 e. The van der Waals surface area contributed by atoms with Crippen LogP contribution in [-0.4, -0.2) is 79.2 Å². The number of amides is 2. The number of piperazine rings is 1. The van der Waals surface area contributed by atoms with Crippen molar-refractivity contribution in [3.05, 3.63) is 71.6 Å². The number of likely N-dealkylation sites (tertiary alicyclic amines) is 2. The minimum Gasteiger partial charge on any atom is -0.345 e. The molecule has 9 heteroatoms. The Labute approximate surface area is 224 Å². The summed E-state index contributed by atoms with van der Waals surface area (Å²) in [6, 6.07) is 9.67. The first-order valence-electron chi connectivity index (χ1n) is 13.7. The highest BCUT2D eigenvalue weighted by Gasteiger charge is 2.45. The number of benzene rings is 1. The van der Waals surface area contributed by atoms with Gasteiger partial charge in [0.1, 0.15) is 11.5 Å². The summed E-state index contributed by atoms with van der Waals surface area (Å²) in [6.07, 6.45) is 7.81. The van der Waals surface area contributed by atoms with Crippen LogP contribution in [0.15, 0.2) is 48.9 Å². The van der Waals surface area contributed by atoms with Gasteiger partial charge in [0.05, 0.1) is 17.4 Å². The number of pyridine rings is 1. The highest BCUT2D eigenvalue weighted by molar-refractivity contribution is 6.31. The Morgan fingerprint density at radius 1 is 1.10 bits per heavy atom. The number of urea groups is 1. The number of Topliss-reactive ketones (excluding diaryl/α,β-unsaturated/α-hetero) is 1. The van der Waals surface area contributed by atoms with Crippen LogP contribution in [0.2, 0.25) is 0 Å². The van der Waals surface area contributed by atoms with Crippen LogP contribution in [-0.2, 0) is 17.9 Å². The Morgan fingerprint density at radius 2 is 2.00 bits per heavy atom. The molecule has 0 saturated carbocycles. The van der Waals surface area contributed by atoms with Crippen LogP contribution in [0, 0.1) is 5.82 Å². The molecule has 2 atom stereocenters. The third kappa shape index (κ3) is 3.35. The average molecular weight is 525 g/mol. The first-order chi connectivity index (χ1) is 19.0. The highest BCUT2D eigenvalue weighted by atomic mass is 19.1. The average Bonchev–Trinajstić information content (AvgIpc) is 3.72. The topological polar surface area (TPSA) is 66.1 Å². The van der Waals surface area contributed by atoms with Crippen molar-refractivity contribution >= 4 is 39.5 Å². The number of hydrogen-bond donors (Lipinski definition) is 0. The van der Waals surface area contributed by atoms with Crippen LogP contribution >= 0.6 is 0 Å². The Bertz CT molecular complexity index is 1730. The number of hydrogen-bond acceptors (Lipinski definition) is 4. The van der Waals surface area contributed by atoms with Crippen molar-refractivity contribution in [2.75, 3.05) is 26.7 Å². The van der Waals surface area contributed by atoms with Gasteiger partial charge in [-0.1, -0.05) is 6.07 Å². The number of ketones is 1. The van der Waals surface area contributed by atoms with E-state index in [1.165, 1.54) is 0 Å². The number of carbonyl (C=O) groups excluding carboxylic acids is 2. The van der Waals surface area contributed by atoms with E-state index in [1.54, 1.807) is 18.3 Å². The molecule has 2 unspecified atom stereocenters. The van der Waals surface area contributed by atoms with Crippen LogP contribution in [0.4, 0.5) is 9.18 Å². The molecule has 2 bridgehead atoms. The SMILES string of the molecule is CN1CC2CC1CN2C(=O)N1CCn2cc(C3=C(c4cnc5ccccn45)C(=O)CC3)c3cc(F)cc(c32)C1. The van der Waals surface area contributed by atoms with Crippen molar-refractivity contribution in [2.24, 2.45) is 0 Å². The molecule has 4 aliphatic rings. The van der Waals surface area contributed by atoms with Gasteiger partial charge in [-0.3, -0.25) is 14.1 Å². The Balaban J connectivity index is 1.21. The van der Waals surface area contributed by atoms with E-state index in [-0.39, 0.29) is 23.7 Å². The highest BCUT2D eigenvalue weighted by Crippen LogP contribution is 2.42. The molecule has 2 amide bonds. The number of likely N-dealkylation sites (N-methyl/N-ethyl adjacent to an activating group) is 1. The second-order valence-corrected chi connectivity index (χ2v) is 11.4. The first kappa shape index (κ1) is 23.0. The summed E-state index contributed by atoms with van der Waals surface area (Å²) in [6.45, 7) is 3.23. The number of allylic oxidation sites excluding steroid dienone is 2. The summed E-state index contributed by atoms with van der Waals surface area (Å²) in [5.41, 5.74) is 5.83. The van der Waals surface area contributed by atoms with Crippen molar-refractivity contribution in [1.82, 2.24) is 28.7 Å². The predicted molar refractivity (Wildman–Crippen MR) is 145 cm³/mol. The molecule has 6 heterocycles. The maximum atomic E-state index is 15.1. The van der Waals surface area contributed by atoms with Crippen LogP contribution in [0.1, 0.15) is 36.1 Å². The van der Waals surface area contributed by atoms with Crippen molar-refractivity contribution in [1.29, 1.82) is 0 Å². The van der Waals surface area contributed by atoms with E-state index in [0.717, 1.165) is 58.5 Å². The van der Waals surface area contributed by atoms with E-state index in [4.69, 9.17) is 0 Å². The lowest BCUT2D eigenvalue weighted by atomic mass is 9.98. The van der Waals surface area contributed by atoms with E-state index in [0.29, 0.717) is 44.1 Å². The third-order valence-corrected chi connectivity index (χ3v) is 9.20. The first-order valence-corrected chi connectivity index (χ1v) is 13.7. The van der Waals surface area contributed by atoms with Gasteiger partial charge >= 0.3 is 6.03 Å². The van der Waals surface area contributed by atoms with E-state index in [9.17, 15) is 9.59 Å². The summed E-state index contributed by atoms with van der Waals surface area (Å²) >= 11 is 0. The third-order valence-electron chi connectivity index (χ3n) is 9.20. The van der Waals surface area contributed by atoms with Gasteiger partial charge in [0, 0.05) is 80.1 Å². The van der Waals surface area contributed by atoms with Gasteiger partial charge in [-0.25, -0.2) is 14.2 Å². The molecular formula is C30H29FN6O2.